The van der Waals surface area contributed by atoms with E-state index in [4.69, 9.17) is 5.73 Å². The predicted molar refractivity (Wildman–Crippen MR) is 79.1 cm³/mol. The summed E-state index contributed by atoms with van der Waals surface area (Å²) >= 11 is 0. The van der Waals surface area contributed by atoms with E-state index in [0.29, 0.717) is 16.8 Å². The van der Waals surface area contributed by atoms with Crippen LogP contribution < -0.4 is 11.3 Å². The molecule has 1 aromatic carbocycles. The first-order valence-corrected chi connectivity index (χ1v) is 6.49. The van der Waals surface area contributed by atoms with Crippen molar-refractivity contribution in [1.82, 2.24) is 9.78 Å². The summed E-state index contributed by atoms with van der Waals surface area (Å²) in [6.45, 7) is 3.74. The van der Waals surface area contributed by atoms with Crippen LogP contribution in [0.4, 0.5) is 5.69 Å². The monoisotopic (exact) mass is 288 g/mol. The van der Waals surface area contributed by atoms with Crippen molar-refractivity contribution in [2.24, 2.45) is 5.73 Å². The van der Waals surface area contributed by atoms with Crippen molar-refractivity contribution in [3.63, 3.8) is 0 Å². The third-order valence-corrected chi connectivity index (χ3v) is 3.29. The number of aryl methyl sites for hydroxylation is 1. The molecule has 0 aliphatic rings. The van der Waals surface area contributed by atoms with Gasteiger partial charge in [0.05, 0.1) is 16.7 Å². The van der Waals surface area contributed by atoms with Gasteiger partial charge in [-0.05, 0) is 19.9 Å². The van der Waals surface area contributed by atoms with Crippen molar-refractivity contribution in [3.05, 3.63) is 56.4 Å². The second kappa shape index (κ2) is 5.84. The summed E-state index contributed by atoms with van der Waals surface area (Å²) in [4.78, 5) is 22.3. The van der Waals surface area contributed by atoms with E-state index in [0.717, 1.165) is 0 Å². The number of benzene rings is 1. The van der Waals surface area contributed by atoms with Crippen LogP contribution in [0.5, 0.6) is 0 Å². The summed E-state index contributed by atoms with van der Waals surface area (Å²) in [5.41, 5.74) is 6.99. The molecule has 0 aliphatic carbocycles. The molecule has 0 spiro atoms. The van der Waals surface area contributed by atoms with Gasteiger partial charge in [0.15, 0.2) is 0 Å². The van der Waals surface area contributed by atoms with Gasteiger partial charge in [0.25, 0.3) is 11.2 Å². The minimum Gasteiger partial charge on any atom is -0.328 e. The largest absolute Gasteiger partial charge is 0.328 e. The summed E-state index contributed by atoms with van der Waals surface area (Å²) in [5.74, 6) is 0. The maximum absolute atomic E-state index is 11.8. The Morgan fingerprint density at radius 3 is 2.71 bits per heavy atom. The average Bonchev–Trinajstić information content (AvgIpc) is 2.47. The maximum Gasteiger partial charge on any atom is 0.272 e. The third-order valence-electron chi connectivity index (χ3n) is 3.29. The van der Waals surface area contributed by atoms with Gasteiger partial charge in [0.1, 0.15) is 0 Å². The van der Waals surface area contributed by atoms with Crippen molar-refractivity contribution in [3.8, 4) is 11.3 Å². The van der Waals surface area contributed by atoms with Gasteiger partial charge in [-0.15, -0.1) is 0 Å². The topological polar surface area (TPSA) is 104 Å². The van der Waals surface area contributed by atoms with Crippen LogP contribution in [0, 0.1) is 17.0 Å². The van der Waals surface area contributed by atoms with Gasteiger partial charge in [-0.25, -0.2) is 4.68 Å². The normalized spacial score (nSPS) is 12.1. The molecule has 7 heteroatoms. The van der Waals surface area contributed by atoms with Gasteiger partial charge >= 0.3 is 0 Å². The highest BCUT2D eigenvalue weighted by Crippen LogP contribution is 2.25. The van der Waals surface area contributed by atoms with E-state index in [9.17, 15) is 14.9 Å². The Kier molecular flexibility index (Phi) is 4.13. The van der Waals surface area contributed by atoms with E-state index in [1.54, 1.807) is 32.0 Å². The van der Waals surface area contributed by atoms with Gasteiger partial charge in [0, 0.05) is 29.8 Å². The van der Waals surface area contributed by atoms with E-state index >= 15 is 0 Å². The maximum atomic E-state index is 11.8. The van der Waals surface area contributed by atoms with Crippen LogP contribution in [0.2, 0.25) is 0 Å². The fourth-order valence-electron chi connectivity index (χ4n) is 1.96. The van der Waals surface area contributed by atoms with E-state index in [-0.39, 0.29) is 23.8 Å². The number of nitro benzene ring substituents is 1. The number of nitrogens with zero attached hydrogens (tertiary/aromatic N) is 3. The molecular formula is C14H16N4O3. The molecule has 110 valence electrons. The zero-order chi connectivity index (χ0) is 15.6. The Morgan fingerprint density at radius 1 is 1.38 bits per heavy atom. The van der Waals surface area contributed by atoms with Crippen molar-refractivity contribution < 1.29 is 4.92 Å². The highest BCUT2D eigenvalue weighted by atomic mass is 16.6. The number of hydrogen-bond donors (Lipinski definition) is 1. The van der Waals surface area contributed by atoms with Gasteiger partial charge < -0.3 is 5.73 Å². The van der Waals surface area contributed by atoms with Crippen LogP contribution in [0.15, 0.2) is 35.1 Å². The molecule has 1 unspecified atom stereocenters. The van der Waals surface area contributed by atoms with Crippen LogP contribution in [0.3, 0.4) is 0 Å². The minimum atomic E-state index is -0.433. The zero-order valence-electron chi connectivity index (χ0n) is 11.8. The number of aromatic nitrogens is 2. The molecule has 0 amide bonds. The molecule has 0 saturated carbocycles. The highest BCUT2D eigenvalue weighted by Gasteiger charge is 2.14. The van der Waals surface area contributed by atoms with Gasteiger partial charge in [-0.3, -0.25) is 14.9 Å². The first-order valence-electron chi connectivity index (χ1n) is 6.49. The Balaban J connectivity index is 2.55. The molecule has 2 N–H and O–H groups in total. The van der Waals surface area contributed by atoms with Gasteiger partial charge in [0.2, 0.25) is 0 Å². The Bertz CT molecular complexity index is 739. The molecular weight excluding hydrogens is 272 g/mol. The summed E-state index contributed by atoms with van der Waals surface area (Å²) < 4.78 is 1.29. The van der Waals surface area contributed by atoms with Crippen molar-refractivity contribution in [2.45, 2.75) is 19.9 Å². The molecule has 1 aromatic heterocycles. The molecule has 21 heavy (non-hydrogen) atoms. The van der Waals surface area contributed by atoms with Crippen LogP contribution in [-0.4, -0.2) is 21.2 Å². The molecule has 7 nitrogen and oxygen atoms in total. The summed E-state index contributed by atoms with van der Waals surface area (Å²) in [5, 5.41) is 15.2. The van der Waals surface area contributed by atoms with E-state index in [2.05, 4.69) is 5.10 Å². The smallest absolute Gasteiger partial charge is 0.272 e. The molecule has 0 fully saturated rings. The van der Waals surface area contributed by atoms with Gasteiger partial charge in [-0.1, -0.05) is 12.1 Å². The fourth-order valence-corrected chi connectivity index (χ4v) is 1.96. The molecule has 2 aromatic rings. The summed E-state index contributed by atoms with van der Waals surface area (Å²) in [6.07, 6.45) is 0. The second-order valence-corrected chi connectivity index (χ2v) is 4.84. The molecule has 1 heterocycles. The van der Waals surface area contributed by atoms with Crippen LogP contribution in [0.1, 0.15) is 18.5 Å². The zero-order valence-corrected chi connectivity index (χ0v) is 11.8. The van der Waals surface area contributed by atoms with E-state index < -0.39 is 4.92 Å². The Labute approximate surface area is 121 Å². The second-order valence-electron chi connectivity index (χ2n) is 4.84. The van der Waals surface area contributed by atoms with E-state index in [1.807, 2.05) is 0 Å². The van der Waals surface area contributed by atoms with Crippen molar-refractivity contribution in [2.75, 3.05) is 6.54 Å². The van der Waals surface area contributed by atoms with Crippen LogP contribution >= 0.6 is 0 Å². The SMILES string of the molecule is Cc1ccc(-c2ccc(=O)n(C(C)CN)n2)cc1[N+](=O)[O-]. The van der Waals surface area contributed by atoms with Gasteiger partial charge in [-0.2, -0.15) is 5.10 Å². The van der Waals surface area contributed by atoms with Crippen LogP contribution in [-0.2, 0) is 0 Å². The Hall–Kier alpha value is -2.54. The molecule has 2 rings (SSSR count). The molecule has 0 radical (unpaired) electrons. The lowest BCUT2D eigenvalue weighted by molar-refractivity contribution is -0.385. The number of rotatable bonds is 4. The lowest BCUT2D eigenvalue weighted by Gasteiger charge is -2.12. The lowest BCUT2D eigenvalue weighted by Crippen LogP contribution is -2.29. The number of nitro groups is 1. The standard InChI is InChI=1S/C14H16N4O3/c1-9-3-4-11(7-13(9)18(20)21)12-5-6-14(19)17(16-12)10(2)8-15/h3-7,10H,8,15H2,1-2H3. The van der Waals surface area contributed by atoms with E-state index in [1.165, 1.54) is 16.8 Å². The summed E-state index contributed by atoms with van der Waals surface area (Å²) in [6, 6.07) is 7.57. The average molecular weight is 288 g/mol. The molecule has 0 aliphatic heterocycles. The first kappa shape index (κ1) is 14.9. The third kappa shape index (κ3) is 2.97. The molecule has 0 saturated heterocycles. The van der Waals surface area contributed by atoms with Crippen molar-refractivity contribution >= 4 is 5.69 Å². The number of hydrogen-bond acceptors (Lipinski definition) is 5. The molecule has 1 atom stereocenters. The molecule has 0 bridgehead atoms. The van der Waals surface area contributed by atoms with Crippen LogP contribution in [0.25, 0.3) is 11.3 Å². The lowest BCUT2D eigenvalue weighted by atomic mass is 10.1. The number of nitrogens with two attached hydrogens (primary N) is 1. The summed E-state index contributed by atoms with van der Waals surface area (Å²) in [7, 11) is 0. The van der Waals surface area contributed by atoms with Crippen molar-refractivity contribution in [1.29, 1.82) is 0 Å². The fraction of sp³-hybridized carbons (Fsp3) is 0.286. The quantitative estimate of drug-likeness (QED) is 0.680. The minimum absolute atomic E-state index is 0.0268. The highest BCUT2D eigenvalue weighted by molar-refractivity contribution is 5.63. The predicted octanol–water partition coefficient (Wildman–Crippen LogP) is 1.65. The first-order chi connectivity index (χ1) is 9.93. The Morgan fingerprint density at radius 2 is 2.10 bits per heavy atom.